The van der Waals surface area contributed by atoms with Gasteiger partial charge in [0.15, 0.2) is 11.6 Å². The van der Waals surface area contributed by atoms with E-state index in [2.05, 4.69) is 5.32 Å². The van der Waals surface area contributed by atoms with Crippen LogP contribution in [0.15, 0.2) is 59.2 Å². The summed E-state index contributed by atoms with van der Waals surface area (Å²) in [7, 11) is 1.37. The van der Waals surface area contributed by atoms with Gasteiger partial charge in [0.2, 0.25) is 0 Å². The highest BCUT2D eigenvalue weighted by Crippen LogP contribution is 2.26. The van der Waals surface area contributed by atoms with Crippen LogP contribution in [0.5, 0.6) is 5.75 Å². The summed E-state index contributed by atoms with van der Waals surface area (Å²) in [5.74, 6) is -1.31. The molecular weight excluding hydrogens is 403 g/mol. The fourth-order valence-electron chi connectivity index (χ4n) is 3.45. The summed E-state index contributed by atoms with van der Waals surface area (Å²) < 4.78 is 24.1. The molecule has 31 heavy (non-hydrogen) atoms. The Bertz CT molecular complexity index is 1170. The molecule has 0 aliphatic carbocycles. The Hall–Kier alpha value is -3.94. The number of furan rings is 1. The lowest BCUT2D eigenvalue weighted by atomic mass is 10.0. The molecule has 0 saturated heterocycles. The maximum absolute atomic E-state index is 14.0. The number of benzene rings is 2. The molecule has 4 rings (SSSR count). The lowest BCUT2D eigenvalue weighted by Gasteiger charge is -2.15. The van der Waals surface area contributed by atoms with E-state index in [-0.39, 0.29) is 29.0 Å². The molecule has 0 fully saturated rings. The molecule has 0 saturated carbocycles. The summed E-state index contributed by atoms with van der Waals surface area (Å²) in [5, 5.41) is 2.77. The van der Waals surface area contributed by atoms with E-state index in [0.717, 1.165) is 4.90 Å². The molecule has 0 bridgehead atoms. The maximum Gasteiger partial charge on any atom is 0.261 e. The Morgan fingerprint density at radius 1 is 1.13 bits per heavy atom. The topological polar surface area (TPSA) is 88.8 Å². The number of amides is 3. The van der Waals surface area contributed by atoms with E-state index < -0.39 is 29.6 Å². The smallest absolute Gasteiger partial charge is 0.261 e. The molecule has 8 heteroatoms. The van der Waals surface area contributed by atoms with Gasteiger partial charge in [-0.25, -0.2) is 4.39 Å². The van der Waals surface area contributed by atoms with E-state index in [1.165, 1.54) is 43.7 Å². The molecule has 1 atom stereocenters. The number of carbonyl (C=O) groups is 3. The van der Waals surface area contributed by atoms with Crippen molar-refractivity contribution in [1.29, 1.82) is 0 Å². The number of carbonyl (C=O) groups excluding carboxylic acids is 3. The maximum atomic E-state index is 14.0. The molecular formula is C23H19FN2O5. The highest BCUT2D eigenvalue weighted by atomic mass is 19.1. The third kappa shape index (κ3) is 3.79. The van der Waals surface area contributed by atoms with Crippen molar-refractivity contribution in [2.75, 3.05) is 7.11 Å². The summed E-state index contributed by atoms with van der Waals surface area (Å²) in [4.78, 5) is 39.1. The molecule has 2 heterocycles. The highest BCUT2D eigenvalue weighted by Gasteiger charge is 2.36. The second-order valence-corrected chi connectivity index (χ2v) is 7.13. The first-order chi connectivity index (χ1) is 14.9. The quantitative estimate of drug-likeness (QED) is 0.612. The zero-order valence-corrected chi connectivity index (χ0v) is 16.8. The molecule has 158 valence electrons. The molecule has 1 N–H and O–H groups in total. The minimum absolute atomic E-state index is 0.0148. The highest BCUT2D eigenvalue weighted by molar-refractivity contribution is 6.22. The Labute approximate surface area is 177 Å². The van der Waals surface area contributed by atoms with E-state index in [1.807, 2.05) is 0 Å². The van der Waals surface area contributed by atoms with Crippen molar-refractivity contribution < 1.29 is 27.9 Å². The number of imide groups is 1. The summed E-state index contributed by atoms with van der Waals surface area (Å²) in [6.07, 6.45) is 1.46. The number of methoxy groups -OCH3 is 1. The van der Waals surface area contributed by atoms with Crippen LogP contribution in [0, 0.1) is 5.82 Å². The van der Waals surface area contributed by atoms with Crippen LogP contribution in [0.2, 0.25) is 0 Å². The number of hydrogen-bond acceptors (Lipinski definition) is 5. The molecule has 1 aliphatic heterocycles. The van der Waals surface area contributed by atoms with Crippen molar-refractivity contribution in [3.63, 3.8) is 0 Å². The van der Waals surface area contributed by atoms with Crippen LogP contribution in [0.3, 0.4) is 0 Å². The summed E-state index contributed by atoms with van der Waals surface area (Å²) in [5.41, 5.74) is 1.18. The lowest BCUT2D eigenvalue weighted by Crippen LogP contribution is -2.29. The van der Waals surface area contributed by atoms with Crippen LogP contribution in [0.1, 0.15) is 55.4 Å². The normalized spacial score (nSPS) is 13.8. The van der Waals surface area contributed by atoms with Gasteiger partial charge in [-0.15, -0.1) is 0 Å². The van der Waals surface area contributed by atoms with E-state index in [0.29, 0.717) is 11.3 Å². The van der Waals surface area contributed by atoms with Crippen molar-refractivity contribution >= 4 is 17.7 Å². The average molecular weight is 422 g/mol. The van der Waals surface area contributed by atoms with Gasteiger partial charge in [0.05, 0.1) is 37.1 Å². The fraction of sp³-hybridized carbons (Fsp3) is 0.174. The predicted octanol–water partition coefficient (Wildman–Crippen LogP) is 3.71. The first-order valence-electron chi connectivity index (χ1n) is 9.56. The third-order valence-corrected chi connectivity index (χ3v) is 5.15. The number of hydrogen-bond donors (Lipinski definition) is 1. The lowest BCUT2D eigenvalue weighted by molar-refractivity contribution is 0.0631. The van der Waals surface area contributed by atoms with Crippen LogP contribution in [-0.4, -0.2) is 29.7 Å². The largest absolute Gasteiger partial charge is 0.494 e. The van der Waals surface area contributed by atoms with Gasteiger partial charge in [0, 0.05) is 5.56 Å². The summed E-state index contributed by atoms with van der Waals surface area (Å²) in [6, 6.07) is 11.6. The number of nitrogens with zero attached hydrogens (tertiary/aromatic N) is 1. The van der Waals surface area contributed by atoms with Crippen LogP contribution in [0.25, 0.3) is 0 Å². The van der Waals surface area contributed by atoms with Crippen molar-refractivity contribution in [3.05, 3.63) is 88.6 Å². The molecule has 0 spiro atoms. The second-order valence-electron chi connectivity index (χ2n) is 7.13. The minimum Gasteiger partial charge on any atom is -0.494 e. The van der Waals surface area contributed by atoms with Crippen molar-refractivity contribution in [2.45, 2.75) is 19.5 Å². The van der Waals surface area contributed by atoms with Gasteiger partial charge in [-0.3, -0.25) is 19.3 Å². The van der Waals surface area contributed by atoms with Crippen molar-refractivity contribution in [1.82, 2.24) is 10.2 Å². The number of fused-ring (bicyclic) bond motifs is 1. The predicted molar refractivity (Wildman–Crippen MR) is 108 cm³/mol. The van der Waals surface area contributed by atoms with E-state index in [4.69, 9.17) is 9.15 Å². The van der Waals surface area contributed by atoms with E-state index in [1.54, 1.807) is 25.1 Å². The minimum atomic E-state index is -0.528. The summed E-state index contributed by atoms with van der Waals surface area (Å²) >= 11 is 0. The number of halogens is 1. The van der Waals surface area contributed by atoms with E-state index in [9.17, 15) is 18.8 Å². The van der Waals surface area contributed by atoms with Crippen LogP contribution >= 0.6 is 0 Å². The Morgan fingerprint density at radius 2 is 1.90 bits per heavy atom. The van der Waals surface area contributed by atoms with E-state index >= 15 is 0 Å². The van der Waals surface area contributed by atoms with Crippen LogP contribution < -0.4 is 10.1 Å². The second kappa shape index (κ2) is 8.06. The Kier molecular flexibility index (Phi) is 5.29. The molecule has 3 amide bonds. The monoisotopic (exact) mass is 422 g/mol. The van der Waals surface area contributed by atoms with Crippen LogP contribution in [-0.2, 0) is 6.54 Å². The van der Waals surface area contributed by atoms with Crippen LogP contribution in [0.4, 0.5) is 4.39 Å². The van der Waals surface area contributed by atoms with Gasteiger partial charge in [-0.1, -0.05) is 6.07 Å². The Morgan fingerprint density at radius 3 is 2.58 bits per heavy atom. The van der Waals surface area contributed by atoms with Gasteiger partial charge in [0.25, 0.3) is 17.7 Å². The number of ether oxygens (including phenoxy) is 1. The van der Waals surface area contributed by atoms with Gasteiger partial charge in [0.1, 0.15) is 5.76 Å². The first kappa shape index (κ1) is 20.3. The molecule has 1 aliphatic rings. The van der Waals surface area contributed by atoms with Crippen molar-refractivity contribution in [3.8, 4) is 5.75 Å². The molecule has 0 unspecified atom stereocenters. The molecule has 2 aromatic carbocycles. The zero-order chi connectivity index (χ0) is 22.1. The third-order valence-electron chi connectivity index (χ3n) is 5.15. The summed E-state index contributed by atoms with van der Waals surface area (Å²) in [6.45, 7) is 1.73. The average Bonchev–Trinajstić information content (AvgIpc) is 3.36. The molecule has 1 aromatic heterocycles. The molecule has 7 nitrogen and oxygen atoms in total. The van der Waals surface area contributed by atoms with Gasteiger partial charge < -0.3 is 14.5 Å². The van der Waals surface area contributed by atoms with Gasteiger partial charge >= 0.3 is 0 Å². The van der Waals surface area contributed by atoms with Gasteiger partial charge in [-0.05, 0) is 55.0 Å². The SMILES string of the molecule is COc1ccc([C@H](C)NC(=O)c2ccc3c(c2)C(=O)N(Cc2ccco2)C3=O)cc1F. The molecule has 0 radical (unpaired) electrons. The fourth-order valence-corrected chi connectivity index (χ4v) is 3.45. The van der Waals surface area contributed by atoms with Crippen molar-refractivity contribution in [2.24, 2.45) is 0 Å². The standard InChI is InChI=1S/C23H19FN2O5/c1-13(14-6-8-20(30-2)19(24)11-14)25-21(27)15-5-7-17-18(10-15)23(29)26(22(17)28)12-16-4-3-9-31-16/h3-11,13H,12H2,1-2H3,(H,25,27)/t13-/m0/s1. The van der Waals surface area contributed by atoms with Gasteiger partial charge in [-0.2, -0.15) is 0 Å². The zero-order valence-electron chi connectivity index (χ0n) is 16.8. The molecule has 3 aromatic rings. The number of nitrogens with one attached hydrogen (secondary N) is 1. The first-order valence-corrected chi connectivity index (χ1v) is 9.56. The number of rotatable bonds is 6. The Balaban J connectivity index is 1.51.